The lowest BCUT2D eigenvalue weighted by atomic mass is 10.1. The average molecular weight is 482 g/mol. The van der Waals surface area contributed by atoms with Crippen LogP contribution in [0.2, 0.25) is 0 Å². The van der Waals surface area contributed by atoms with Crippen molar-refractivity contribution in [1.82, 2.24) is 10.2 Å². The molecule has 1 heterocycles. The zero-order valence-electron chi connectivity index (χ0n) is 18.7. The van der Waals surface area contributed by atoms with Crippen LogP contribution in [-0.2, 0) is 14.3 Å². The van der Waals surface area contributed by atoms with Crippen LogP contribution in [0.15, 0.2) is 53.4 Å². The van der Waals surface area contributed by atoms with Gasteiger partial charge in [-0.25, -0.2) is 4.79 Å². The van der Waals surface area contributed by atoms with Crippen molar-refractivity contribution in [3.63, 3.8) is 0 Å². The number of likely N-dealkylation sites (tertiary alicyclic amines) is 1. The molecule has 0 unspecified atom stereocenters. The molecular weight excluding hydrogens is 454 g/mol. The molecule has 0 aromatic heterocycles. The molecule has 2 fully saturated rings. The average Bonchev–Trinajstić information content (AvgIpc) is 3.49. The molecule has 0 spiro atoms. The van der Waals surface area contributed by atoms with Gasteiger partial charge in [-0.3, -0.25) is 14.4 Å². The number of hydrogen-bond acceptors (Lipinski definition) is 6. The van der Waals surface area contributed by atoms with Crippen molar-refractivity contribution in [3.05, 3.63) is 59.7 Å². The van der Waals surface area contributed by atoms with Gasteiger partial charge in [-0.1, -0.05) is 24.3 Å². The maximum atomic E-state index is 12.7. The molecule has 1 saturated heterocycles. The molecule has 2 aliphatic rings. The van der Waals surface area contributed by atoms with Crippen LogP contribution in [0, 0.1) is 0 Å². The smallest absolute Gasteiger partial charge is 0.339 e. The minimum atomic E-state index is -0.647. The number of carbonyl (C=O) groups is 4. The van der Waals surface area contributed by atoms with E-state index in [1.54, 1.807) is 48.5 Å². The Morgan fingerprint density at radius 1 is 0.941 bits per heavy atom. The van der Waals surface area contributed by atoms with Crippen LogP contribution in [0.3, 0.4) is 0 Å². The molecular formula is C25H27N3O5S. The fourth-order valence-electron chi connectivity index (χ4n) is 3.63. The Morgan fingerprint density at radius 3 is 2.35 bits per heavy atom. The van der Waals surface area contributed by atoms with E-state index < -0.39 is 18.5 Å². The van der Waals surface area contributed by atoms with Crippen LogP contribution in [0.4, 0.5) is 5.69 Å². The first-order valence-electron chi connectivity index (χ1n) is 11.4. The van der Waals surface area contributed by atoms with Crippen LogP contribution in [0.1, 0.15) is 46.4 Å². The lowest BCUT2D eigenvalue weighted by Crippen LogP contribution is -2.29. The van der Waals surface area contributed by atoms with Crippen LogP contribution in [0.5, 0.6) is 0 Å². The monoisotopic (exact) mass is 481 g/mol. The van der Waals surface area contributed by atoms with Crippen LogP contribution in [0.25, 0.3) is 0 Å². The largest absolute Gasteiger partial charge is 0.452 e. The van der Waals surface area contributed by atoms with E-state index in [1.807, 2.05) is 4.90 Å². The van der Waals surface area contributed by atoms with Crippen molar-refractivity contribution in [1.29, 1.82) is 0 Å². The Kier molecular flexibility index (Phi) is 7.84. The number of thioether (sulfide) groups is 1. The van der Waals surface area contributed by atoms with Crippen LogP contribution in [-0.4, -0.2) is 60.1 Å². The molecule has 2 aromatic rings. The second-order valence-electron chi connectivity index (χ2n) is 8.29. The molecule has 2 aromatic carbocycles. The molecule has 3 amide bonds. The predicted octanol–water partition coefficient (Wildman–Crippen LogP) is 3.09. The van der Waals surface area contributed by atoms with Gasteiger partial charge in [-0.05, 0) is 49.9 Å². The maximum Gasteiger partial charge on any atom is 0.339 e. The van der Waals surface area contributed by atoms with Gasteiger partial charge in [-0.15, -0.1) is 11.8 Å². The van der Waals surface area contributed by atoms with Gasteiger partial charge in [0.2, 0.25) is 5.91 Å². The Bertz CT molecular complexity index is 1080. The summed E-state index contributed by atoms with van der Waals surface area (Å²) in [5.41, 5.74) is 1.02. The standard InChI is InChI=1S/C25H27N3O5S/c29-22(27-20-9-3-1-7-18(20)24(31)26-17-11-12-17)15-33-25(32)19-8-2-4-10-21(19)34-16-23(30)28-13-5-6-14-28/h1-4,7-10,17H,5-6,11-16H2,(H,26,31)(H,27,29). The summed E-state index contributed by atoms with van der Waals surface area (Å²) in [6.45, 7) is 1.07. The highest BCUT2D eigenvalue weighted by Crippen LogP contribution is 2.25. The summed E-state index contributed by atoms with van der Waals surface area (Å²) >= 11 is 1.29. The number of hydrogen-bond donors (Lipinski definition) is 2. The third-order valence-electron chi connectivity index (χ3n) is 5.61. The highest BCUT2D eigenvalue weighted by molar-refractivity contribution is 8.00. The molecule has 1 aliphatic carbocycles. The minimum absolute atomic E-state index is 0.0504. The van der Waals surface area contributed by atoms with E-state index in [-0.39, 0.29) is 23.6 Å². The predicted molar refractivity (Wildman–Crippen MR) is 129 cm³/mol. The summed E-state index contributed by atoms with van der Waals surface area (Å²) < 4.78 is 5.22. The van der Waals surface area contributed by atoms with E-state index in [0.717, 1.165) is 38.8 Å². The first-order valence-corrected chi connectivity index (χ1v) is 12.4. The van der Waals surface area contributed by atoms with Gasteiger partial charge in [0, 0.05) is 24.0 Å². The number of ether oxygens (including phenoxy) is 1. The van der Waals surface area contributed by atoms with Crippen molar-refractivity contribution in [2.75, 3.05) is 30.8 Å². The fraction of sp³-hybridized carbons (Fsp3) is 0.360. The first kappa shape index (κ1) is 23.8. The zero-order chi connectivity index (χ0) is 23.9. The third kappa shape index (κ3) is 6.38. The number of carbonyl (C=O) groups excluding carboxylic acids is 4. The number of esters is 1. The van der Waals surface area contributed by atoms with Gasteiger partial charge in [-0.2, -0.15) is 0 Å². The number of rotatable bonds is 9. The molecule has 1 aliphatic heterocycles. The molecule has 34 heavy (non-hydrogen) atoms. The van der Waals surface area contributed by atoms with Crippen molar-refractivity contribution >= 4 is 41.1 Å². The van der Waals surface area contributed by atoms with Gasteiger partial charge in [0.05, 0.1) is 22.6 Å². The SMILES string of the molecule is O=C(COC(=O)c1ccccc1SCC(=O)N1CCCC1)Nc1ccccc1C(=O)NC1CC1. The number of anilines is 1. The van der Waals surface area contributed by atoms with Crippen molar-refractivity contribution in [2.24, 2.45) is 0 Å². The quantitative estimate of drug-likeness (QED) is 0.421. The molecule has 4 rings (SSSR count). The summed E-state index contributed by atoms with van der Waals surface area (Å²) in [6, 6.07) is 13.8. The van der Waals surface area contributed by atoms with Crippen LogP contribution < -0.4 is 10.6 Å². The topological polar surface area (TPSA) is 105 Å². The highest BCUT2D eigenvalue weighted by atomic mass is 32.2. The summed E-state index contributed by atoms with van der Waals surface area (Å²) in [5, 5.41) is 5.54. The van der Waals surface area contributed by atoms with E-state index in [0.29, 0.717) is 21.7 Å². The van der Waals surface area contributed by atoms with Gasteiger partial charge < -0.3 is 20.3 Å². The number of nitrogens with zero attached hydrogens (tertiary/aromatic N) is 1. The lowest BCUT2D eigenvalue weighted by molar-refractivity contribution is -0.127. The molecule has 9 heteroatoms. The Labute approximate surface area is 202 Å². The van der Waals surface area contributed by atoms with E-state index in [4.69, 9.17) is 4.74 Å². The molecule has 178 valence electrons. The molecule has 8 nitrogen and oxygen atoms in total. The number of benzene rings is 2. The second kappa shape index (κ2) is 11.2. The van der Waals surface area contributed by atoms with E-state index in [1.165, 1.54) is 11.8 Å². The van der Waals surface area contributed by atoms with E-state index in [2.05, 4.69) is 10.6 Å². The maximum absolute atomic E-state index is 12.7. The second-order valence-corrected chi connectivity index (χ2v) is 9.31. The number of amides is 3. The van der Waals surface area contributed by atoms with Gasteiger partial charge in [0.1, 0.15) is 0 Å². The third-order valence-corrected chi connectivity index (χ3v) is 6.67. The van der Waals surface area contributed by atoms with E-state index in [9.17, 15) is 19.2 Å². The number of nitrogens with one attached hydrogen (secondary N) is 2. The Balaban J connectivity index is 1.31. The van der Waals surface area contributed by atoms with Gasteiger partial charge >= 0.3 is 5.97 Å². The molecule has 0 atom stereocenters. The fourth-order valence-corrected chi connectivity index (χ4v) is 4.58. The first-order chi connectivity index (χ1) is 16.5. The lowest BCUT2D eigenvalue weighted by Gasteiger charge is -2.15. The molecule has 2 N–H and O–H groups in total. The molecule has 0 radical (unpaired) electrons. The summed E-state index contributed by atoms with van der Waals surface area (Å²) in [6.07, 6.45) is 3.97. The Morgan fingerprint density at radius 2 is 1.62 bits per heavy atom. The van der Waals surface area contributed by atoms with Crippen molar-refractivity contribution in [2.45, 2.75) is 36.6 Å². The van der Waals surface area contributed by atoms with Gasteiger partial charge in [0.15, 0.2) is 6.61 Å². The zero-order valence-corrected chi connectivity index (χ0v) is 19.6. The number of para-hydroxylation sites is 1. The summed E-state index contributed by atoms with van der Waals surface area (Å²) in [4.78, 5) is 52.3. The van der Waals surface area contributed by atoms with Gasteiger partial charge in [0.25, 0.3) is 11.8 Å². The van der Waals surface area contributed by atoms with Crippen LogP contribution >= 0.6 is 11.8 Å². The van der Waals surface area contributed by atoms with E-state index >= 15 is 0 Å². The molecule has 1 saturated carbocycles. The molecule has 0 bridgehead atoms. The highest BCUT2D eigenvalue weighted by Gasteiger charge is 2.25. The van der Waals surface area contributed by atoms with Crippen molar-refractivity contribution in [3.8, 4) is 0 Å². The summed E-state index contributed by atoms with van der Waals surface area (Å²) in [5.74, 6) is -1.15. The summed E-state index contributed by atoms with van der Waals surface area (Å²) in [7, 11) is 0. The van der Waals surface area contributed by atoms with Crippen molar-refractivity contribution < 1.29 is 23.9 Å². The normalized spacial score (nSPS) is 15.0. The minimum Gasteiger partial charge on any atom is -0.452 e. The Hall–Kier alpha value is -3.33.